The minimum absolute atomic E-state index is 0.0525. The summed E-state index contributed by atoms with van der Waals surface area (Å²) in [6.45, 7) is -0.0525. The van der Waals surface area contributed by atoms with Crippen LogP contribution in [0.5, 0.6) is 5.75 Å². The van der Waals surface area contributed by atoms with Crippen LogP contribution in [0.25, 0.3) is 0 Å². The highest BCUT2D eigenvalue weighted by Gasteiger charge is 2.13. The van der Waals surface area contributed by atoms with E-state index in [1.807, 2.05) is 36.0 Å². The van der Waals surface area contributed by atoms with Crippen molar-refractivity contribution < 1.29 is 14.3 Å². The van der Waals surface area contributed by atoms with E-state index >= 15 is 0 Å². The number of benzene rings is 1. The standard InChI is InChI=1S/C14H19NO3S/c1-17-14(16)10-18-13-4-2-11(3-5-13)15-12-6-8-19-9-7-12/h2-5,12,15H,6-10H2,1H3. The summed E-state index contributed by atoms with van der Waals surface area (Å²) in [5.41, 5.74) is 1.10. The van der Waals surface area contributed by atoms with Gasteiger partial charge in [-0.15, -0.1) is 0 Å². The van der Waals surface area contributed by atoms with Gasteiger partial charge in [-0.05, 0) is 48.6 Å². The number of nitrogens with one attached hydrogen (secondary N) is 1. The second-order valence-corrected chi connectivity index (χ2v) is 5.64. The molecule has 2 rings (SSSR count). The summed E-state index contributed by atoms with van der Waals surface area (Å²) in [4.78, 5) is 11.0. The molecule has 1 aromatic carbocycles. The molecular weight excluding hydrogens is 262 g/mol. The van der Waals surface area contributed by atoms with E-state index in [4.69, 9.17) is 4.74 Å². The van der Waals surface area contributed by atoms with Crippen molar-refractivity contribution >= 4 is 23.4 Å². The van der Waals surface area contributed by atoms with E-state index < -0.39 is 0 Å². The number of esters is 1. The number of carbonyl (C=O) groups is 1. The lowest BCUT2D eigenvalue weighted by atomic mass is 10.1. The SMILES string of the molecule is COC(=O)COc1ccc(NC2CCSCC2)cc1. The maximum Gasteiger partial charge on any atom is 0.343 e. The Hall–Kier alpha value is -1.36. The Bertz CT molecular complexity index is 402. The highest BCUT2D eigenvalue weighted by Crippen LogP contribution is 2.22. The number of ether oxygens (including phenoxy) is 2. The van der Waals surface area contributed by atoms with Gasteiger partial charge >= 0.3 is 5.97 Å². The number of anilines is 1. The Morgan fingerprint density at radius 1 is 1.32 bits per heavy atom. The fraction of sp³-hybridized carbons (Fsp3) is 0.500. The van der Waals surface area contributed by atoms with Gasteiger partial charge in [-0.3, -0.25) is 0 Å². The van der Waals surface area contributed by atoms with Crippen LogP contribution < -0.4 is 10.1 Å². The molecule has 0 amide bonds. The van der Waals surface area contributed by atoms with Crippen molar-refractivity contribution in [2.75, 3.05) is 30.5 Å². The van der Waals surface area contributed by atoms with E-state index in [1.165, 1.54) is 31.5 Å². The topological polar surface area (TPSA) is 47.6 Å². The molecule has 1 aliphatic rings. The van der Waals surface area contributed by atoms with Gasteiger partial charge in [-0.25, -0.2) is 4.79 Å². The highest BCUT2D eigenvalue weighted by molar-refractivity contribution is 7.99. The van der Waals surface area contributed by atoms with Crippen LogP contribution >= 0.6 is 11.8 Å². The highest BCUT2D eigenvalue weighted by atomic mass is 32.2. The van der Waals surface area contributed by atoms with Crippen molar-refractivity contribution in [2.45, 2.75) is 18.9 Å². The van der Waals surface area contributed by atoms with Crippen LogP contribution in [-0.2, 0) is 9.53 Å². The molecule has 0 aliphatic carbocycles. The lowest BCUT2D eigenvalue weighted by Crippen LogP contribution is -2.24. The van der Waals surface area contributed by atoms with Gasteiger partial charge < -0.3 is 14.8 Å². The first kappa shape index (κ1) is 14.1. The van der Waals surface area contributed by atoms with Crippen LogP contribution in [0.4, 0.5) is 5.69 Å². The first-order valence-corrected chi connectivity index (χ1v) is 7.57. The third kappa shape index (κ3) is 4.67. The van der Waals surface area contributed by atoms with Crippen LogP contribution in [0.3, 0.4) is 0 Å². The van der Waals surface area contributed by atoms with Gasteiger partial charge in [0.1, 0.15) is 5.75 Å². The molecule has 4 nitrogen and oxygen atoms in total. The van der Waals surface area contributed by atoms with Crippen molar-refractivity contribution in [1.29, 1.82) is 0 Å². The van der Waals surface area contributed by atoms with Crippen LogP contribution in [0, 0.1) is 0 Å². The number of hydrogen-bond acceptors (Lipinski definition) is 5. The average Bonchev–Trinajstić information content (AvgIpc) is 2.47. The Morgan fingerprint density at radius 3 is 2.63 bits per heavy atom. The first-order valence-electron chi connectivity index (χ1n) is 6.42. The molecule has 19 heavy (non-hydrogen) atoms. The van der Waals surface area contributed by atoms with Gasteiger partial charge in [0.15, 0.2) is 6.61 Å². The van der Waals surface area contributed by atoms with Crippen LogP contribution in [0.15, 0.2) is 24.3 Å². The Labute approximate surface area is 117 Å². The van der Waals surface area contributed by atoms with E-state index in [2.05, 4.69) is 10.1 Å². The average molecular weight is 281 g/mol. The smallest absolute Gasteiger partial charge is 0.343 e. The molecule has 0 bridgehead atoms. The molecule has 0 unspecified atom stereocenters. The molecule has 0 aromatic heterocycles. The van der Waals surface area contributed by atoms with Crippen molar-refractivity contribution in [2.24, 2.45) is 0 Å². The zero-order valence-corrected chi connectivity index (χ0v) is 11.9. The molecule has 1 aromatic rings. The summed E-state index contributed by atoms with van der Waals surface area (Å²) < 4.78 is 9.82. The van der Waals surface area contributed by atoms with Crippen molar-refractivity contribution in [1.82, 2.24) is 0 Å². The van der Waals surface area contributed by atoms with Crippen LogP contribution in [0.1, 0.15) is 12.8 Å². The first-order chi connectivity index (χ1) is 9.28. The normalized spacial score (nSPS) is 15.8. The van der Waals surface area contributed by atoms with Crippen LogP contribution in [-0.4, -0.2) is 37.2 Å². The van der Waals surface area contributed by atoms with Gasteiger partial charge in [0.2, 0.25) is 0 Å². The molecule has 1 saturated heterocycles. The lowest BCUT2D eigenvalue weighted by Gasteiger charge is -2.23. The van der Waals surface area contributed by atoms with Gasteiger partial charge in [0.25, 0.3) is 0 Å². The fourth-order valence-corrected chi connectivity index (χ4v) is 3.03. The maximum absolute atomic E-state index is 11.0. The number of hydrogen-bond donors (Lipinski definition) is 1. The van der Waals surface area contributed by atoms with E-state index in [1.54, 1.807) is 0 Å². The molecule has 0 saturated carbocycles. The van der Waals surface area contributed by atoms with E-state index in [0.29, 0.717) is 11.8 Å². The summed E-state index contributed by atoms with van der Waals surface area (Å²) >= 11 is 2.02. The summed E-state index contributed by atoms with van der Waals surface area (Å²) in [7, 11) is 1.35. The zero-order chi connectivity index (χ0) is 13.5. The van der Waals surface area contributed by atoms with Gasteiger partial charge in [-0.1, -0.05) is 0 Å². The van der Waals surface area contributed by atoms with Gasteiger partial charge in [0, 0.05) is 11.7 Å². The fourth-order valence-electron chi connectivity index (χ4n) is 1.93. The van der Waals surface area contributed by atoms with E-state index in [-0.39, 0.29) is 12.6 Å². The molecule has 1 N–H and O–H groups in total. The molecule has 1 fully saturated rings. The van der Waals surface area contributed by atoms with Gasteiger partial charge in [0.05, 0.1) is 7.11 Å². The summed E-state index contributed by atoms with van der Waals surface area (Å²) in [5, 5.41) is 3.52. The lowest BCUT2D eigenvalue weighted by molar-refractivity contribution is -0.142. The molecule has 104 valence electrons. The molecule has 5 heteroatoms. The molecule has 1 aliphatic heterocycles. The molecule has 1 heterocycles. The molecular formula is C14H19NO3S. The predicted octanol–water partition coefficient (Wildman–Crippen LogP) is 2.55. The number of methoxy groups -OCH3 is 1. The zero-order valence-electron chi connectivity index (χ0n) is 11.1. The maximum atomic E-state index is 11.0. The number of rotatable bonds is 5. The largest absolute Gasteiger partial charge is 0.482 e. The van der Waals surface area contributed by atoms with Crippen molar-refractivity contribution in [3.05, 3.63) is 24.3 Å². The summed E-state index contributed by atoms with van der Waals surface area (Å²) in [6, 6.07) is 8.26. The van der Waals surface area contributed by atoms with E-state index in [0.717, 1.165) is 5.69 Å². The monoisotopic (exact) mass is 281 g/mol. The van der Waals surface area contributed by atoms with Crippen molar-refractivity contribution in [3.63, 3.8) is 0 Å². The number of carbonyl (C=O) groups excluding carboxylic acids is 1. The third-order valence-electron chi connectivity index (χ3n) is 3.03. The molecule has 0 radical (unpaired) electrons. The second kappa shape index (κ2) is 7.28. The van der Waals surface area contributed by atoms with Crippen LogP contribution in [0.2, 0.25) is 0 Å². The summed E-state index contributed by atoms with van der Waals surface area (Å²) in [6.07, 6.45) is 2.43. The molecule has 0 atom stereocenters. The third-order valence-corrected chi connectivity index (χ3v) is 4.08. The minimum atomic E-state index is -0.373. The van der Waals surface area contributed by atoms with Gasteiger partial charge in [-0.2, -0.15) is 11.8 Å². The Morgan fingerprint density at radius 2 is 2.00 bits per heavy atom. The van der Waals surface area contributed by atoms with Crippen molar-refractivity contribution in [3.8, 4) is 5.75 Å². The minimum Gasteiger partial charge on any atom is -0.482 e. The van der Waals surface area contributed by atoms with E-state index in [9.17, 15) is 4.79 Å². The molecule has 0 spiro atoms. The quantitative estimate of drug-likeness (QED) is 0.840. The predicted molar refractivity (Wildman–Crippen MR) is 77.9 cm³/mol. The Balaban J connectivity index is 1.82. The summed E-state index contributed by atoms with van der Waals surface area (Å²) in [5.74, 6) is 2.77. The Kier molecular flexibility index (Phi) is 5.39. The number of thioether (sulfide) groups is 1. The second-order valence-electron chi connectivity index (χ2n) is 4.42.